The van der Waals surface area contributed by atoms with Gasteiger partial charge in [-0.15, -0.1) is 23.5 Å². The molecule has 2 unspecified atom stereocenters. The minimum atomic E-state index is 0.260. The van der Waals surface area contributed by atoms with Crippen molar-refractivity contribution in [2.75, 3.05) is 26.0 Å². The Morgan fingerprint density at radius 1 is 1.05 bits per heavy atom. The van der Waals surface area contributed by atoms with Crippen molar-refractivity contribution in [3.8, 4) is 0 Å². The van der Waals surface area contributed by atoms with E-state index in [0.717, 1.165) is 19.7 Å². The third-order valence-electron chi connectivity index (χ3n) is 3.84. The Kier molecular flexibility index (Phi) is 5.84. The summed E-state index contributed by atoms with van der Waals surface area (Å²) in [4.78, 5) is 2.69. The molecule has 2 aromatic rings. The molecule has 1 saturated heterocycles. The van der Waals surface area contributed by atoms with Gasteiger partial charge in [0.05, 0.1) is 18.4 Å². The lowest BCUT2D eigenvalue weighted by atomic mass is 10.1. The van der Waals surface area contributed by atoms with Gasteiger partial charge in [-0.25, -0.2) is 0 Å². The fraction of sp³-hybridized carbons (Fsp3) is 0.333. The normalized spacial score (nSPS) is 19.8. The number of hydrogen-bond donors (Lipinski definition) is 1. The van der Waals surface area contributed by atoms with E-state index in [1.807, 2.05) is 23.5 Å². The zero-order chi connectivity index (χ0) is 15.2. The molecule has 0 amide bonds. The maximum absolute atomic E-state index is 6.08. The van der Waals surface area contributed by atoms with E-state index in [1.54, 1.807) is 0 Å². The molecule has 22 heavy (non-hydrogen) atoms. The molecule has 0 spiro atoms. The molecule has 0 aromatic heterocycles. The SMILES string of the molecule is CSc1ccccc1SC(c1ccccc1)C1C[NH2+]CCO1. The van der Waals surface area contributed by atoms with Crippen LogP contribution < -0.4 is 5.32 Å². The Morgan fingerprint density at radius 2 is 1.77 bits per heavy atom. The molecule has 4 heteroatoms. The fourth-order valence-electron chi connectivity index (χ4n) is 2.72. The first-order chi connectivity index (χ1) is 10.9. The predicted octanol–water partition coefficient (Wildman–Crippen LogP) is 3.20. The van der Waals surface area contributed by atoms with Gasteiger partial charge in [0.15, 0.2) is 0 Å². The molecular weight excluding hydrogens is 310 g/mol. The standard InChI is InChI=1S/C18H21NOS2/c1-21-16-9-5-6-10-17(16)22-18(14-7-3-2-4-8-14)15-13-19-11-12-20-15/h2-10,15,18-19H,11-13H2,1H3/p+1. The van der Waals surface area contributed by atoms with Gasteiger partial charge in [-0.2, -0.15) is 0 Å². The second-order valence-electron chi connectivity index (χ2n) is 5.32. The van der Waals surface area contributed by atoms with Crippen molar-refractivity contribution in [3.63, 3.8) is 0 Å². The molecule has 116 valence electrons. The van der Waals surface area contributed by atoms with E-state index in [1.165, 1.54) is 15.4 Å². The van der Waals surface area contributed by atoms with E-state index < -0.39 is 0 Å². The summed E-state index contributed by atoms with van der Waals surface area (Å²) in [5.41, 5.74) is 1.35. The van der Waals surface area contributed by atoms with Gasteiger partial charge in [-0.05, 0) is 24.0 Å². The number of hydrogen-bond acceptors (Lipinski definition) is 3. The van der Waals surface area contributed by atoms with Crippen LogP contribution in [0.4, 0.5) is 0 Å². The van der Waals surface area contributed by atoms with Crippen LogP contribution in [0.3, 0.4) is 0 Å². The highest BCUT2D eigenvalue weighted by Gasteiger charge is 2.29. The van der Waals surface area contributed by atoms with E-state index in [0.29, 0.717) is 5.25 Å². The summed E-state index contributed by atoms with van der Waals surface area (Å²) in [7, 11) is 0. The smallest absolute Gasteiger partial charge is 0.123 e. The van der Waals surface area contributed by atoms with Crippen LogP contribution >= 0.6 is 23.5 Å². The van der Waals surface area contributed by atoms with E-state index in [-0.39, 0.29) is 6.10 Å². The Bertz CT molecular complexity index is 585. The molecule has 0 saturated carbocycles. The highest BCUT2D eigenvalue weighted by molar-refractivity contribution is 8.02. The Morgan fingerprint density at radius 3 is 2.45 bits per heavy atom. The lowest BCUT2D eigenvalue weighted by Gasteiger charge is -2.29. The Hall–Kier alpha value is -0.940. The minimum absolute atomic E-state index is 0.260. The molecule has 2 N–H and O–H groups in total. The van der Waals surface area contributed by atoms with Gasteiger partial charge in [-0.3, -0.25) is 0 Å². The molecule has 0 radical (unpaired) electrons. The third-order valence-corrected chi connectivity index (χ3v) is 6.21. The molecule has 1 heterocycles. The van der Waals surface area contributed by atoms with E-state index in [2.05, 4.69) is 66.2 Å². The van der Waals surface area contributed by atoms with Crippen molar-refractivity contribution in [2.45, 2.75) is 21.1 Å². The highest BCUT2D eigenvalue weighted by Crippen LogP contribution is 2.42. The molecule has 1 fully saturated rings. The quantitative estimate of drug-likeness (QED) is 0.852. The van der Waals surface area contributed by atoms with Gasteiger partial charge in [0.2, 0.25) is 0 Å². The van der Waals surface area contributed by atoms with Crippen molar-refractivity contribution in [2.24, 2.45) is 0 Å². The van der Waals surface area contributed by atoms with E-state index in [4.69, 9.17) is 4.74 Å². The monoisotopic (exact) mass is 332 g/mol. The second-order valence-corrected chi connectivity index (χ2v) is 7.35. The van der Waals surface area contributed by atoms with E-state index in [9.17, 15) is 0 Å². The summed E-state index contributed by atoms with van der Waals surface area (Å²) >= 11 is 3.74. The summed E-state index contributed by atoms with van der Waals surface area (Å²) in [5.74, 6) is 0. The first-order valence-electron chi connectivity index (χ1n) is 7.66. The van der Waals surface area contributed by atoms with Crippen LogP contribution in [0.2, 0.25) is 0 Å². The molecule has 2 atom stereocenters. The van der Waals surface area contributed by atoms with Crippen molar-refractivity contribution in [3.05, 3.63) is 60.2 Å². The van der Waals surface area contributed by atoms with Gasteiger partial charge in [0.25, 0.3) is 0 Å². The summed E-state index contributed by atoms with van der Waals surface area (Å²) in [5, 5.41) is 2.71. The molecule has 0 bridgehead atoms. The number of thioether (sulfide) groups is 2. The average Bonchev–Trinajstić information content (AvgIpc) is 2.61. The number of nitrogens with two attached hydrogens (primary N) is 1. The molecule has 2 nitrogen and oxygen atoms in total. The predicted molar refractivity (Wildman–Crippen MR) is 94.7 cm³/mol. The van der Waals surface area contributed by atoms with Crippen LogP contribution in [0.1, 0.15) is 10.8 Å². The van der Waals surface area contributed by atoms with Crippen LogP contribution in [-0.4, -0.2) is 32.1 Å². The van der Waals surface area contributed by atoms with Crippen molar-refractivity contribution < 1.29 is 10.1 Å². The molecule has 3 rings (SSSR count). The fourth-order valence-corrected chi connectivity index (χ4v) is 4.85. The number of quaternary nitrogens is 1. The largest absolute Gasteiger partial charge is 0.365 e. The maximum Gasteiger partial charge on any atom is 0.123 e. The lowest BCUT2D eigenvalue weighted by molar-refractivity contribution is -0.677. The van der Waals surface area contributed by atoms with Crippen LogP contribution in [-0.2, 0) is 4.74 Å². The molecule has 2 aromatic carbocycles. The second kappa shape index (κ2) is 8.06. The van der Waals surface area contributed by atoms with Gasteiger partial charge in [0.1, 0.15) is 12.6 Å². The Labute approximate surface area is 141 Å². The van der Waals surface area contributed by atoms with E-state index >= 15 is 0 Å². The first kappa shape index (κ1) is 15.9. The summed E-state index contributed by atoms with van der Waals surface area (Å²) in [6.07, 6.45) is 2.40. The highest BCUT2D eigenvalue weighted by atomic mass is 32.2. The zero-order valence-corrected chi connectivity index (χ0v) is 14.4. The summed E-state index contributed by atoms with van der Waals surface area (Å²) in [6, 6.07) is 19.4. The minimum Gasteiger partial charge on any atom is -0.365 e. The van der Waals surface area contributed by atoms with Crippen LogP contribution in [0.25, 0.3) is 0 Å². The average molecular weight is 333 g/mol. The molecular formula is C18H22NOS2+. The molecule has 1 aliphatic rings. The van der Waals surface area contributed by atoms with Gasteiger partial charge < -0.3 is 10.1 Å². The summed E-state index contributed by atoms with van der Waals surface area (Å²) < 4.78 is 6.08. The lowest BCUT2D eigenvalue weighted by Crippen LogP contribution is -2.89. The van der Waals surface area contributed by atoms with Gasteiger partial charge >= 0.3 is 0 Å². The van der Waals surface area contributed by atoms with Crippen molar-refractivity contribution in [1.82, 2.24) is 0 Å². The Balaban J connectivity index is 1.88. The third kappa shape index (κ3) is 3.87. The van der Waals surface area contributed by atoms with Crippen LogP contribution in [0, 0.1) is 0 Å². The van der Waals surface area contributed by atoms with Gasteiger partial charge in [-0.1, -0.05) is 42.5 Å². The van der Waals surface area contributed by atoms with Gasteiger partial charge in [0, 0.05) is 9.79 Å². The molecule has 0 aliphatic carbocycles. The van der Waals surface area contributed by atoms with Crippen LogP contribution in [0.15, 0.2) is 64.4 Å². The number of ether oxygens (including phenoxy) is 1. The van der Waals surface area contributed by atoms with Crippen LogP contribution in [0.5, 0.6) is 0 Å². The molecule has 1 aliphatic heterocycles. The summed E-state index contributed by atoms with van der Waals surface area (Å²) in [6.45, 7) is 2.96. The topological polar surface area (TPSA) is 25.8 Å². The number of morpholine rings is 1. The van der Waals surface area contributed by atoms with Crippen molar-refractivity contribution >= 4 is 23.5 Å². The number of rotatable bonds is 5. The van der Waals surface area contributed by atoms with Crippen molar-refractivity contribution in [1.29, 1.82) is 0 Å². The first-order valence-corrected chi connectivity index (χ1v) is 9.77. The maximum atomic E-state index is 6.08. The zero-order valence-electron chi connectivity index (χ0n) is 12.8. The number of benzene rings is 2.